The lowest BCUT2D eigenvalue weighted by Crippen LogP contribution is -2.23. The summed E-state index contributed by atoms with van der Waals surface area (Å²) >= 11 is 1.36. The van der Waals surface area contributed by atoms with Gasteiger partial charge in [-0.05, 0) is 31.3 Å². The van der Waals surface area contributed by atoms with Crippen LogP contribution in [0.5, 0.6) is 0 Å². The van der Waals surface area contributed by atoms with Gasteiger partial charge in [-0.25, -0.2) is 9.37 Å². The van der Waals surface area contributed by atoms with E-state index in [1.54, 1.807) is 12.1 Å². The third-order valence-corrected chi connectivity index (χ3v) is 3.92. The quantitative estimate of drug-likeness (QED) is 0.887. The van der Waals surface area contributed by atoms with Crippen LogP contribution in [0.3, 0.4) is 0 Å². The van der Waals surface area contributed by atoms with Gasteiger partial charge >= 0.3 is 0 Å². The highest BCUT2D eigenvalue weighted by Crippen LogP contribution is 2.29. The van der Waals surface area contributed by atoms with Crippen molar-refractivity contribution in [3.63, 3.8) is 0 Å². The smallest absolute Gasteiger partial charge is 0.230 e. The van der Waals surface area contributed by atoms with Gasteiger partial charge in [0.15, 0.2) is 5.13 Å². The number of aromatic nitrogens is 1. The first-order chi connectivity index (χ1) is 10.5. The van der Waals surface area contributed by atoms with Crippen molar-refractivity contribution in [2.24, 2.45) is 0 Å². The number of anilines is 2. The first-order valence-corrected chi connectivity index (χ1v) is 7.69. The largest absolute Gasteiger partial charge is 0.395 e. The van der Waals surface area contributed by atoms with E-state index < -0.39 is 0 Å². The summed E-state index contributed by atoms with van der Waals surface area (Å²) in [6.07, 6.45) is 0. The summed E-state index contributed by atoms with van der Waals surface area (Å²) in [5.41, 5.74) is 1.41. The molecule has 0 radical (unpaired) electrons. The Labute approximate surface area is 132 Å². The van der Waals surface area contributed by atoms with Gasteiger partial charge in [-0.1, -0.05) is 0 Å². The van der Waals surface area contributed by atoms with E-state index in [-0.39, 0.29) is 18.3 Å². The first-order valence-electron chi connectivity index (χ1n) is 6.81. The van der Waals surface area contributed by atoms with E-state index in [0.717, 1.165) is 5.69 Å². The maximum absolute atomic E-state index is 13.0. The van der Waals surface area contributed by atoms with Gasteiger partial charge in [0.1, 0.15) is 5.82 Å². The third-order valence-electron chi connectivity index (χ3n) is 3.04. The molecule has 0 aliphatic rings. The lowest BCUT2D eigenvalue weighted by atomic mass is 10.3. The predicted octanol–water partition coefficient (Wildman–Crippen LogP) is 2.39. The zero-order chi connectivity index (χ0) is 16.1. The number of hydrogen-bond donors (Lipinski definition) is 1. The number of thiazole rings is 1. The first kappa shape index (κ1) is 16.5. The molecule has 5 nitrogen and oxygen atoms in total. The second-order valence-corrected chi connectivity index (χ2v) is 5.75. The molecule has 1 heterocycles. The van der Waals surface area contributed by atoms with Crippen LogP contribution in [0.15, 0.2) is 29.6 Å². The highest BCUT2D eigenvalue weighted by atomic mass is 32.1. The van der Waals surface area contributed by atoms with Gasteiger partial charge in [-0.2, -0.15) is 0 Å². The van der Waals surface area contributed by atoms with Crippen molar-refractivity contribution in [1.29, 1.82) is 0 Å². The molecule has 22 heavy (non-hydrogen) atoms. The molecule has 0 bridgehead atoms. The second-order valence-electron chi connectivity index (χ2n) is 4.91. The maximum atomic E-state index is 13.0. The number of aliphatic hydroxyl groups is 1. The van der Waals surface area contributed by atoms with Crippen LogP contribution in [0.25, 0.3) is 0 Å². The predicted molar refractivity (Wildman–Crippen MR) is 84.8 cm³/mol. The molecule has 118 valence electrons. The highest BCUT2D eigenvalue weighted by Gasteiger charge is 2.18. The van der Waals surface area contributed by atoms with Crippen molar-refractivity contribution in [3.8, 4) is 0 Å². The summed E-state index contributed by atoms with van der Waals surface area (Å²) in [6.45, 7) is 2.68. The average Bonchev–Trinajstić information content (AvgIpc) is 2.89. The second kappa shape index (κ2) is 7.44. The number of aliphatic hydroxyl groups excluding tert-OH is 1. The van der Waals surface area contributed by atoms with Crippen molar-refractivity contribution >= 4 is 28.1 Å². The van der Waals surface area contributed by atoms with E-state index >= 15 is 0 Å². The lowest BCUT2D eigenvalue weighted by molar-refractivity contribution is -0.115. The Morgan fingerprint density at radius 3 is 2.64 bits per heavy atom. The third kappa shape index (κ3) is 4.09. The normalized spacial score (nSPS) is 11.0. The van der Waals surface area contributed by atoms with Gasteiger partial charge in [-0.3, -0.25) is 14.6 Å². The van der Waals surface area contributed by atoms with Gasteiger partial charge < -0.3 is 5.11 Å². The number of carbonyl (C=O) groups excluding carboxylic acids is 1. The number of hydrogen-bond acceptors (Lipinski definition) is 5. The summed E-state index contributed by atoms with van der Waals surface area (Å²) in [5.74, 6) is -0.533. The SMILES string of the molecule is CC(=O)N(c1ccc(F)cc1)c1nc(CN(C)CCO)cs1. The zero-order valence-corrected chi connectivity index (χ0v) is 13.3. The molecular formula is C15H18FN3O2S. The summed E-state index contributed by atoms with van der Waals surface area (Å²) in [4.78, 5) is 19.8. The molecule has 1 N–H and O–H groups in total. The van der Waals surface area contributed by atoms with Crippen LogP contribution >= 0.6 is 11.3 Å². The molecule has 0 fully saturated rings. The van der Waals surface area contributed by atoms with Crippen LogP contribution < -0.4 is 4.90 Å². The van der Waals surface area contributed by atoms with Crippen LogP contribution in [0.4, 0.5) is 15.2 Å². The molecule has 0 saturated carbocycles. The fourth-order valence-corrected chi connectivity index (χ4v) is 2.89. The fraction of sp³-hybridized carbons (Fsp3) is 0.333. The molecule has 2 aromatic rings. The van der Waals surface area contributed by atoms with E-state index in [1.807, 2.05) is 17.3 Å². The summed E-state index contributed by atoms with van der Waals surface area (Å²) in [5, 5.41) is 11.3. The minimum absolute atomic E-state index is 0.0860. The number of carbonyl (C=O) groups is 1. The Morgan fingerprint density at radius 2 is 2.05 bits per heavy atom. The standard InChI is InChI=1S/C15H18FN3O2S/c1-11(21)19(14-5-3-12(16)4-6-14)15-17-13(10-22-15)9-18(2)7-8-20/h3-6,10,20H,7-9H2,1-2H3. The lowest BCUT2D eigenvalue weighted by Gasteiger charge is -2.18. The minimum Gasteiger partial charge on any atom is -0.395 e. The minimum atomic E-state index is -0.349. The van der Waals surface area contributed by atoms with Crippen LogP contribution in [-0.4, -0.2) is 41.1 Å². The van der Waals surface area contributed by atoms with E-state index in [0.29, 0.717) is 23.9 Å². The Kier molecular flexibility index (Phi) is 5.59. The van der Waals surface area contributed by atoms with Crippen LogP contribution in [0, 0.1) is 5.82 Å². The molecule has 0 aliphatic carbocycles. The van der Waals surface area contributed by atoms with Crippen molar-refractivity contribution in [1.82, 2.24) is 9.88 Å². The van der Waals surface area contributed by atoms with E-state index in [4.69, 9.17) is 5.11 Å². The van der Waals surface area contributed by atoms with Gasteiger partial charge in [-0.15, -0.1) is 11.3 Å². The topological polar surface area (TPSA) is 56.7 Å². The number of benzene rings is 1. The van der Waals surface area contributed by atoms with Crippen LogP contribution in [0.1, 0.15) is 12.6 Å². The molecule has 1 amide bonds. The van der Waals surface area contributed by atoms with E-state index in [1.165, 1.54) is 35.3 Å². The van der Waals surface area contributed by atoms with Crippen LogP contribution in [0.2, 0.25) is 0 Å². The van der Waals surface area contributed by atoms with Gasteiger partial charge in [0.25, 0.3) is 0 Å². The molecule has 0 aliphatic heterocycles. The maximum Gasteiger partial charge on any atom is 0.230 e. The van der Waals surface area contributed by atoms with Crippen molar-refractivity contribution < 1.29 is 14.3 Å². The molecule has 7 heteroatoms. The molecule has 2 rings (SSSR count). The zero-order valence-electron chi connectivity index (χ0n) is 12.5. The fourth-order valence-electron chi connectivity index (χ4n) is 2.02. The van der Waals surface area contributed by atoms with Gasteiger partial charge in [0, 0.05) is 25.4 Å². The Balaban J connectivity index is 2.21. The molecule has 1 aromatic heterocycles. The molecule has 0 atom stereocenters. The number of likely N-dealkylation sites (N-methyl/N-ethyl adjacent to an activating group) is 1. The van der Waals surface area contributed by atoms with Crippen molar-refractivity contribution in [2.75, 3.05) is 25.1 Å². The number of amides is 1. The summed E-state index contributed by atoms with van der Waals surface area (Å²) in [7, 11) is 1.89. The monoisotopic (exact) mass is 323 g/mol. The van der Waals surface area contributed by atoms with Crippen molar-refractivity contribution in [2.45, 2.75) is 13.5 Å². The van der Waals surface area contributed by atoms with E-state index in [2.05, 4.69) is 4.98 Å². The van der Waals surface area contributed by atoms with Gasteiger partial charge in [0.05, 0.1) is 18.0 Å². The Hall–Kier alpha value is -1.83. The number of rotatable bonds is 6. The molecular weight excluding hydrogens is 305 g/mol. The summed E-state index contributed by atoms with van der Waals surface area (Å²) in [6, 6.07) is 5.73. The Morgan fingerprint density at radius 1 is 1.36 bits per heavy atom. The number of nitrogens with zero attached hydrogens (tertiary/aromatic N) is 3. The molecule has 0 spiro atoms. The molecule has 1 aromatic carbocycles. The molecule has 0 unspecified atom stereocenters. The number of halogens is 1. The average molecular weight is 323 g/mol. The van der Waals surface area contributed by atoms with Gasteiger partial charge in [0.2, 0.25) is 5.91 Å². The molecule has 0 saturated heterocycles. The van der Waals surface area contributed by atoms with Crippen LogP contribution in [-0.2, 0) is 11.3 Å². The van der Waals surface area contributed by atoms with E-state index in [9.17, 15) is 9.18 Å². The Bertz CT molecular complexity index is 630. The summed E-state index contributed by atoms with van der Waals surface area (Å²) < 4.78 is 13.0. The highest BCUT2D eigenvalue weighted by molar-refractivity contribution is 7.14. The van der Waals surface area contributed by atoms with Crippen molar-refractivity contribution in [3.05, 3.63) is 41.2 Å².